The molecule has 0 radical (unpaired) electrons. The molecule has 1 heterocycles. The topological polar surface area (TPSA) is 51.2 Å². The average molecular weight is 402 g/mol. The number of benzene rings is 1. The second-order valence-electron chi connectivity index (χ2n) is 5.53. The fourth-order valence-corrected chi connectivity index (χ4v) is 2.65. The van der Waals surface area contributed by atoms with E-state index in [-0.39, 0.29) is 12.5 Å². The summed E-state index contributed by atoms with van der Waals surface area (Å²) < 4.78 is 54.5. The quantitative estimate of drug-likeness (QED) is 0.481. The minimum atomic E-state index is -4.19. The Bertz CT molecular complexity index is 757. The summed E-state index contributed by atoms with van der Waals surface area (Å²) in [5.74, 6) is -3.70. The molecular formula is C18H18F4N2O2S. The molecule has 0 saturated heterocycles. The highest BCUT2D eigenvalue weighted by Gasteiger charge is 2.40. The molecule has 0 spiro atoms. The van der Waals surface area contributed by atoms with Crippen LogP contribution in [-0.2, 0) is 11.3 Å². The summed E-state index contributed by atoms with van der Waals surface area (Å²) in [4.78, 5) is 16.4. The summed E-state index contributed by atoms with van der Waals surface area (Å²) in [7, 11) is 0. The number of amides is 1. The van der Waals surface area contributed by atoms with Gasteiger partial charge in [0.2, 0.25) is 0 Å². The molecule has 0 aliphatic rings. The number of rotatable bonds is 9. The van der Waals surface area contributed by atoms with Crippen molar-refractivity contribution >= 4 is 23.4 Å². The van der Waals surface area contributed by atoms with Crippen molar-refractivity contribution < 1.29 is 27.1 Å². The van der Waals surface area contributed by atoms with Gasteiger partial charge in [-0.3, -0.25) is 4.79 Å². The number of nitrogens with one attached hydrogen (secondary N) is 1. The van der Waals surface area contributed by atoms with Crippen molar-refractivity contribution in [2.75, 3.05) is 17.7 Å². The van der Waals surface area contributed by atoms with Crippen LogP contribution in [-0.4, -0.2) is 35.6 Å². The number of thioether (sulfide) groups is 1. The van der Waals surface area contributed by atoms with E-state index in [0.717, 1.165) is 10.8 Å². The van der Waals surface area contributed by atoms with E-state index in [4.69, 9.17) is 0 Å². The van der Waals surface area contributed by atoms with Crippen LogP contribution in [0.15, 0.2) is 47.6 Å². The van der Waals surface area contributed by atoms with E-state index in [1.165, 1.54) is 12.3 Å². The summed E-state index contributed by atoms with van der Waals surface area (Å²) in [5.41, 5.74) is 1.26. The lowest BCUT2D eigenvalue weighted by atomic mass is 10.2. The maximum absolute atomic E-state index is 12.8. The van der Waals surface area contributed by atoms with E-state index < -0.39 is 19.0 Å². The number of nitrogens with zero attached hydrogens (tertiary/aromatic N) is 1. The number of pyridine rings is 1. The SMILES string of the molecule is CCSc1ccc(C(=O)Nc2cccc(COCC(F)(F)C(F)F)c2)cn1. The summed E-state index contributed by atoms with van der Waals surface area (Å²) in [6, 6.07) is 9.71. The van der Waals surface area contributed by atoms with Gasteiger partial charge in [0, 0.05) is 11.9 Å². The molecule has 0 saturated carbocycles. The van der Waals surface area contributed by atoms with Crippen molar-refractivity contribution in [2.45, 2.75) is 30.9 Å². The van der Waals surface area contributed by atoms with Gasteiger partial charge in [0.25, 0.3) is 5.91 Å². The van der Waals surface area contributed by atoms with Gasteiger partial charge in [-0.25, -0.2) is 13.8 Å². The monoisotopic (exact) mass is 402 g/mol. The zero-order chi connectivity index (χ0) is 19.9. The lowest BCUT2D eigenvalue weighted by molar-refractivity contribution is -0.168. The van der Waals surface area contributed by atoms with Crippen LogP contribution in [0.25, 0.3) is 0 Å². The Morgan fingerprint density at radius 1 is 1.30 bits per heavy atom. The highest BCUT2D eigenvalue weighted by atomic mass is 32.2. The molecule has 2 aromatic rings. The third-order valence-corrected chi connectivity index (χ3v) is 4.18. The van der Waals surface area contributed by atoms with Crippen LogP contribution in [0.3, 0.4) is 0 Å². The van der Waals surface area contributed by atoms with Crippen LogP contribution < -0.4 is 5.32 Å². The Morgan fingerprint density at radius 2 is 2.07 bits per heavy atom. The number of aromatic nitrogens is 1. The molecule has 1 aromatic carbocycles. The van der Waals surface area contributed by atoms with Crippen molar-refractivity contribution in [3.8, 4) is 0 Å². The predicted molar refractivity (Wildman–Crippen MR) is 95.6 cm³/mol. The van der Waals surface area contributed by atoms with Crippen LogP contribution >= 0.6 is 11.8 Å². The van der Waals surface area contributed by atoms with Crippen molar-refractivity contribution in [1.29, 1.82) is 0 Å². The number of hydrogen-bond acceptors (Lipinski definition) is 4. The molecule has 1 N–H and O–H groups in total. The molecule has 27 heavy (non-hydrogen) atoms. The van der Waals surface area contributed by atoms with Gasteiger partial charge in [0.15, 0.2) is 0 Å². The van der Waals surface area contributed by atoms with E-state index in [0.29, 0.717) is 16.8 Å². The average Bonchev–Trinajstić information content (AvgIpc) is 2.62. The van der Waals surface area contributed by atoms with E-state index in [9.17, 15) is 22.4 Å². The molecule has 9 heteroatoms. The number of anilines is 1. The molecule has 1 aromatic heterocycles. The fraction of sp³-hybridized carbons (Fsp3) is 0.333. The number of halogens is 4. The number of carbonyl (C=O) groups is 1. The minimum Gasteiger partial charge on any atom is -0.370 e. The van der Waals surface area contributed by atoms with E-state index in [1.54, 1.807) is 42.1 Å². The van der Waals surface area contributed by atoms with E-state index in [2.05, 4.69) is 15.0 Å². The van der Waals surface area contributed by atoms with Crippen LogP contribution in [0, 0.1) is 0 Å². The third-order valence-electron chi connectivity index (χ3n) is 3.36. The first-order valence-electron chi connectivity index (χ1n) is 8.04. The second kappa shape index (κ2) is 9.70. The number of alkyl halides is 4. The van der Waals surface area contributed by atoms with Crippen LogP contribution in [0.2, 0.25) is 0 Å². The Morgan fingerprint density at radius 3 is 2.70 bits per heavy atom. The van der Waals surface area contributed by atoms with E-state index >= 15 is 0 Å². The van der Waals surface area contributed by atoms with Crippen LogP contribution in [0.1, 0.15) is 22.8 Å². The van der Waals surface area contributed by atoms with Gasteiger partial charge in [-0.15, -0.1) is 11.8 Å². The lowest BCUT2D eigenvalue weighted by Crippen LogP contribution is -2.32. The van der Waals surface area contributed by atoms with Crippen molar-refractivity contribution in [1.82, 2.24) is 4.98 Å². The molecule has 0 unspecified atom stereocenters. The molecule has 0 bridgehead atoms. The number of carbonyl (C=O) groups excluding carboxylic acids is 1. The molecule has 2 rings (SSSR count). The minimum absolute atomic E-state index is 0.281. The van der Waals surface area contributed by atoms with Crippen molar-refractivity contribution in [3.63, 3.8) is 0 Å². The predicted octanol–water partition coefficient (Wildman–Crippen LogP) is 4.86. The smallest absolute Gasteiger partial charge is 0.330 e. The molecule has 0 atom stereocenters. The second-order valence-corrected chi connectivity index (χ2v) is 6.81. The van der Waals surface area contributed by atoms with Gasteiger partial charge < -0.3 is 10.1 Å². The molecular weight excluding hydrogens is 384 g/mol. The van der Waals surface area contributed by atoms with Gasteiger partial charge in [-0.05, 0) is 35.6 Å². The third kappa shape index (κ3) is 6.51. The zero-order valence-corrected chi connectivity index (χ0v) is 15.2. The maximum atomic E-state index is 12.8. The van der Waals surface area contributed by atoms with Crippen LogP contribution in [0.4, 0.5) is 23.2 Å². The van der Waals surface area contributed by atoms with E-state index in [1.807, 2.05) is 6.92 Å². The van der Waals surface area contributed by atoms with Crippen LogP contribution in [0.5, 0.6) is 0 Å². The number of hydrogen-bond donors (Lipinski definition) is 1. The Kier molecular flexibility index (Phi) is 7.61. The Labute approximate surface area is 158 Å². The van der Waals surface area contributed by atoms with Gasteiger partial charge in [0.05, 0.1) is 17.2 Å². The van der Waals surface area contributed by atoms with Crippen molar-refractivity contribution in [3.05, 3.63) is 53.7 Å². The summed E-state index contributed by atoms with van der Waals surface area (Å²) >= 11 is 1.56. The normalized spacial score (nSPS) is 11.6. The first-order chi connectivity index (χ1) is 12.8. The molecule has 0 aliphatic carbocycles. The fourth-order valence-electron chi connectivity index (χ4n) is 2.06. The zero-order valence-electron chi connectivity index (χ0n) is 14.4. The highest BCUT2D eigenvalue weighted by Crippen LogP contribution is 2.23. The highest BCUT2D eigenvalue weighted by molar-refractivity contribution is 7.99. The summed E-state index contributed by atoms with van der Waals surface area (Å²) in [6.45, 7) is 0.337. The van der Waals surface area contributed by atoms with Gasteiger partial charge >= 0.3 is 12.3 Å². The Balaban J connectivity index is 1.93. The molecule has 0 aliphatic heterocycles. The van der Waals surface area contributed by atoms with Gasteiger partial charge in [-0.1, -0.05) is 19.1 Å². The summed E-state index contributed by atoms with van der Waals surface area (Å²) in [6.07, 6.45) is -2.31. The largest absolute Gasteiger partial charge is 0.370 e. The van der Waals surface area contributed by atoms with Gasteiger partial charge in [-0.2, -0.15) is 8.78 Å². The summed E-state index contributed by atoms with van der Waals surface area (Å²) in [5, 5.41) is 3.48. The first-order valence-corrected chi connectivity index (χ1v) is 9.03. The lowest BCUT2D eigenvalue weighted by Gasteiger charge is -2.15. The van der Waals surface area contributed by atoms with Crippen molar-refractivity contribution in [2.24, 2.45) is 0 Å². The Hall–Kier alpha value is -2.13. The molecule has 0 fully saturated rings. The first kappa shape index (κ1) is 21.2. The molecule has 4 nitrogen and oxygen atoms in total. The van der Waals surface area contributed by atoms with Gasteiger partial charge in [0.1, 0.15) is 6.61 Å². The maximum Gasteiger partial charge on any atom is 0.330 e. The number of ether oxygens (including phenoxy) is 1. The standard InChI is InChI=1S/C18H18F4N2O2S/c1-2-27-15-7-6-13(9-23-15)16(25)24-14-5-3-4-12(8-14)10-26-11-18(21,22)17(19)20/h3-9,17H,2,10-11H2,1H3,(H,24,25). The molecule has 146 valence electrons. The molecule has 1 amide bonds.